The van der Waals surface area contributed by atoms with Crippen LogP contribution in [-0.2, 0) is 10.1 Å². The first-order valence-electron chi connectivity index (χ1n) is 3.96. The van der Waals surface area contributed by atoms with E-state index in [9.17, 15) is 8.42 Å². The fourth-order valence-electron chi connectivity index (χ4n) is 1.01. The molecule has 0 spiro atoms. The summed E-state index contributed by atoms with van der Waals surface area (Å²) in [6.45, 7) is 1.88. The van der Waals surface area contributed by atoms with Crippen LogP contribution in [0.3, 0.4) is 0 Å². The minimum atomic E-state index is -3.50. The van der Waals surface area contributed by atoms with Gasteiger partial charge in [0.25, 0.3) is 0 Å². The van der Waals surface area contributed by atoms with E-state index in [4.69, 9.17) is 8.92 Å². The zero-order valence-electron chi connectivity index (χ0n) is 8.27. The van der Waals surface area contributed by atoms with Crippen LogP contribution in [0, 0.1) is 6.92 Å². The lowest BCUT2D eigenvalue weighted by atomic mass is 10.2. The van der Waals surface area contributed by atoms with Crippen LogP contribution in [0.1, 0.15) is 5.56 Å². The van der Waals surface area contributed by atoms with Crippen molar-refractivity contribution in [3.63, 3.8) is 0 Å². The minimum Gasteiger partial charge on any atom is -0.493 e. The highest BCUT2D eigenvalue weighted by Crippen LogP contribution is 2.28. The van der Waals surface area contributed by atoms with Crippen molar-refractivity contribution in [2.24, 2.45) is 0 Å². The Balaban J connectivity index is 3.09. The molecule has 1 rings (SSSR count). The number of hydrogen-bond donors (Lipinski definition) is 0. The zero-order valence-corrected chi connectivity index (χ0v) is 9.09. The SMILES string of the molecule is COc1cc(C)ccc1OS(C)(=O)=O. The monoisotopic (exact) mass is 216 g/mol. The van der Waals surface area contributed by atoms with Crippen molar-refractivity contribution in [2.75, 3.05) is 13.4 Å². The molecule has 0 aromatic heterocycles. The summed E-state index contributed by atoms with van der Waals surface area (Å²) in [7, 11) is -2.04. The third-order valence-corrected chi connectivity index (χ3v) is 2.04. The van der Waals surface area contributed by atoms with Crippen molar-refractivity contribution < 1.29 is 17.3 Å². The van der Waals surface area contributed by atoms with E-state index in [1.807, 2.05) is 6.92 Å². The second-order valence-corrected chi connectivity index (χ2v) is 4.52. The third-order valence-electron chi connectivity index (χ3n) is 1.56. The summed E-state index contributed by atoms with van der Waals surface area (Å²) in [5, 5.41) is 0. The van der Waals surface area contributed by atoms with Gasteiger partial charge in [0.15, 0.2) is 11.5 Å². The van der Waals surface area contributed by atoms with Crippen molar-refractivity contribution in [1.29, 1.82) is 0 Å². The molecular formula is C9H12O4S. The molecule has 4 nitrogen and oxygen atoms in total. The van der Waals surface area contributed by atoms with E-state index in [-0.39, 0.29) is 5.75 Å². The fraction of sp³-hybridized carbons (Fsp3) is 0.333. The molecule has 0 atom stereocenters. The Morgan fingerprint density at radius 2 is 1.86 bits per heavy atom. The van der Waals surface area contributed by atoms with Crippen LogP contribution in [0.25, 0.3) is 0 Å². The predicted octanol–water partition coefficient (Wildman–Crippen LogP) is 1.34. The Morgan fingerprint density at radius 1 is 1.21 bits per heavy atom. The van der Waals surface area contributed by atoms with Gasteiger partial charge < -0.3 is 8.92 Å². The first-order chi connectivity index (χ1) is 6.42. The van der Waals surface area contributed by atoms with Gasteiger partial charge in [0, 0.05) is 0 Å². The van der Waals surface area contributed by atoms with E-state index in [2.05, 4.69) is 0 Å². The molecule has 0 bridgehead atoms. The molecule has 0 heterocycles. The van der Waals surface area contributed by atoms with Crippen molar-refractivity contribution >= 4 is 10.1 Å². The van der Waals surface area contributed by atoms with E-state index >= 15 is 0 Å². The van der Waals surface area contributed by atoms with Gasteiger partial charge in [0.2, 0.25) is 0 Å². The number of ether oxygens (including phenoxy) is 1. The molecule has 78 valence electrons. The first kappa shape index (κ1) is 10.8. The van der Waals surface area contributed by atoms with Gasteiger partial charge in [-0.1, -0.05) is 6.07 Å². The lowest BCUT2D eigenvalue weighted by molar-refractivity contribution is 0.391. The Bertz CT molecular complexity index is 422. The van der Waals surface area contributed by atoms with E-state index in [0.717, 1.165) is 11.8 Å². The van der Waals surface area contributed by atoms with E-state index in [0.29, 0.717) is 5.75 Å². The molecule has 1 aromatic rings. The largest absolute Gasteiger partial charge is 0.493 e. The molecule has 1 aromatic carbocycles. The van der Waals surface area contributed by atoms with Gasteiger partial charge in [-0.2, -0.15) is 8.42 Å². The molecule has 0 aliphatic rings. The molecule has 0 unspecified atom stereocenters. The molecular weight excluding hydrogens is 204 g/mol. The molecule has 0 saturated heterocycles. The van der Waals surface area contributed by atoms with E-state index < -0.39 is 10.1 Å². The zero-order chi connectivity index (χ0) is 10.8. The normalized spacial score (nSPS) is 11.1. The van der Waals surface area contributed by atoms with Gasteiger partial charge in [0.05, 0.1) is 13.4 Å². The minimum absolute atomic E-state index is 0.209. The molecule has 0 radical (unpaired) electrons. The number of rotatable bonds is 3. The van der Waals surface area contributed by atoms with Crippen LogP contribution in [0.2, 0.25) is 0 Å². The second-order valence-electron chi connectivity index (χ2n) is 2.94. The fourth-order valence-corrected chi connectivity index (χ4v) is 1.47. The summed E-state index contributed by atoms with van der Waals surface area (Å²) in [6.07, 6.45) is 0.992. The lowest BCUT2D eigenvalue weighted by Gasteiger charge is -2.08. The summed E-state index contributed by atoms with van der Waals surface area (Å²) in [4.78, 5) is 0. The highest BCUT2D eigenvalue weighted by atomic mass is 32.2. The average molecular weight is 216 g/mol. The van der Waals surface area contributed by atoms with Crippen LogP contribution in [-0.4, -0.2) is 21.8 Å². The highest BCUT2D eigenvalue weighted by molar-refractivity contribution is 7.86. The van der Waals surface area contributed by atoms with Gasteiger partial charge in [0.1, 0.15) is 0 Å². The van der Waals surface area contributed by atoms with Gasteiger partial charge in [-0.3, -0.25) is 0 Å². The summed E-state index contributed by atoms with van der Waals surface area (Å²) < 4.78 is 31.5. The Kier molecular flexibility index (Phi) is 3.00. The number of aryl methyl sites for hydroxylation is 1. The molecule has 0 amide bonds. The number of benzene rings is 1. The van der Waals surface area contributed by atoms with Gasteiger partial charge >= 0.3 is 10.1 Å². The van der Waals surface area contributed by atoms with Crippen LogP contribution in [0.15, 0.2) is 18.2 Å². The van der Waals surface area contributed by atoms with Crippen LogP contribution in [0.5, 0.6) is 11.5 Å². The first-order valence-corrected chi connectivity index (χ1v) is 5.78. The quantitative estimate of drug-likeness (QED) is 0.715. The molecule has 0 aliphatic heterocycles. The third kappa shape index (κ3) is 2.92. The average Bonchev–Trinajstić information content (AvgIpc) is 2.06. The summed E-state index contributed by atoms with van der Waals surface area (Å²) >= 11 is 0. The predicted molar refractivity (Wildman–Crippen MR) is 53.2 cm³/mol. The molecule has 14 heavy (non-hydrogen) atoms. The molecule has 5 heteroatoms. The maximum atomic E-state index is 10.9. The smallest absolute Gasteiger partial charge is 0.306 e. The number of hydrogen-bond acceptors (Lipinski definition) is 4. The maximum absolute atomic E-state index is 10.9. The Hall–Kier alpha value is -1.23. The standard InChI is InChI=1S/C9H12O4S/c1-7-4-5-8(9(6-7)12-2)13-14(3,10)11/h4-6H,1-3H3. The second kappa shape index (κ2) is 3.88. The summed E-state index contributed by atoms with van der Waals surface area (Å²) in [6, 6.07) is 5.03. The van der Waals surface area contributed by atoms with Gasteiger partial charge in [-0.15, -0.1) is 0 Å². The molecule has 0 N–H and O–H groups in total. The van der Waals surface area contributed by atoms with Crippen molar-refractivity contribution in [1.82, 2.24) is 0 Å². The van der Waals surface area contributed by atoms with Gasteiger partial charge in [-0.05, 0) is 24.6 Å². The Labute approximate surface area is 83.6 Å². The van der Waals surface area contributed by atoms with Crippen LogP contribution >= 0.6 is 0 Å². The van der Waals surface area contributed by atoms with E-state index in [1.54, 1.807) is 18.2 Å². The number of methoxy groups -OCH3 is 1. The van der Waals surface area contributed by atoms with E-state index in [1.165, 1.54) is 7.11 Å². The topological polar surface area (TPSA) is 52.6 Å². The van der Waals surface area contributed by atoms with Crippen molar-refractivity contribution in [3.05, 3.63) is 23.8 Å². The molecule has 0 aliphatic carbocycles. The molecule has 0 saturated carbocycles. The maximum Gasteiger partial charge on any atom is 0.306 e. The lowest BCUT2D eigenvalue weighted by Crippen LogP contribution is -2.06. The summed E-state index contributed by atoms with van der Waals surface area (Å²) in [5.41, 5.74) is 0.975. The van der Waals surface area contributed by atoms with Crippen molar-refractivity contribution in [3.8, 4) is 11.5 Å². The highest BCUT2D eigenvalue weighted by Gasteiger charge is 2.09. The van der Waals surface area contributed by atoms with Crippen LogP contribution < -0.4 is 8.92 Å². The summed E-state index contributed by atoms with van der Waals surface area (Å²) in [5.74, 6) is 0.621. The Morgan fingerprint density at radius 3 is 2.36 bits per heavy atom. The van der Waals surface area contributed by atoms with Gasteiger partial charge in [-0.25, -0.2) is 0 Å². The molecule has 0 fully saturated rings. The van der Waals surface area contributed by atoms with Crippen LogP contribution in [0.4, 0.5) is 0 Å². The van der Waals surface area contributed by atoms with Crippen molar-refractivity contribution in [2.45, 2.75) is 6.92 Å².